The van der Waals surface area contributed by atoms with Gasteiger partial charge in [-0.1, -0.05) is 25.5 Å². The first-order chi connectivity index (χ1) is 13.0. The lowest BCUT2D eigenvalue weighted by Crippen LogP contribution is -2.20. The maximum atomic E-state index is 14.7. The fraction of sp³-hybridized carbons (Fsp3) is 0.455. The molecule has 1 saturated heterocycles. The number of ether oxygens (including phenoxy) is 2. The van der Waals surface area contributed by atoms with Crippen LogP contribution in [0.25, 0.3) is 11.1 Å². The van der Waals surface area contributed by atoms with Crippen LogP contribution in [0.4, 0.5) is 13.2 Å². The molecule has 0 aliphatic carbocycles. The van der Waals surface area contributed by atoms with Crippen molar-refractivity contribution in [2.24, 2.45) is 5.92 Å². The molecule has 27 heavy (non-hydrogen) atoms. The van der Waals surface area contributed by atoms with E-state index in [9.17, 15) is 13.2 Å². The van der Waals surface area contributed by atoms with Gasteiger partial charge in [0.25, 0.3) is 0 Å². The molecule has 0 saturated carbocycles. The molecule has 1 aliphatic rings. The van der Waals surface area contributed by atoms with Crippen LogP contribution < -0.4 is 4.74 Å². The van der Waals surface area contributed by atoms with E-state index in [2.05, 4.69) is 6.92 Å². The second-order valence-electron chi connectivity index (χ2n) is 6.97. The lowest BCUT2D eigenvalue weighted by atomic mass is 9.91. The Morgan fingerprint density at radius 2 is 1.78 bits per heavy atom. The molecule has 1 aliphatic heterocycles. The van der Waals surface area contributed by atoms with Crippen LogP contribution in [-0.2, 0) is 4.74 Å². The highest BCUT2D eigenvalue weighted by Gasteiger charge is 2.24. The largest absolute Gasteiger partial charge is 0.491 e. The summed E-state index contributed by atoms with van der Waals surface area (Å²) in [5.41, 5.74) is 0.642. The van der Waals surface area contributed by atoms with E-state index in [1.165, 1.54) is 24.3 Å². The minimum absolute atomic E-state index is 0.0258. The Bertz CT molecular complexity index is 783. The van der Waals surface area contributed by atoms with Gasteiger partial charge in [-0.15, -0.1) is 0 Å². The molecule has 146 valence electrons. The summed E-state index contributed by atoms with van der Waals surface area (Å²) in [4.78, 5) is 0. The number of hydrogen-bond acceptors (Lipinski definition) is 2. The monoisotopic (exact) mass is 378 g/mol. The zero-order valence-electron chi connectivity index (χ0n) is 15.7. The number of hydrogen-bond donors (Lipinski definition) is 0. The van der Waals surface area contributed by atoms with Crippen molar-refractivity contribution < 1.29 is 22.6 Å². The van der Waals surface area contributed by atoms with Gasteiger partial charge in [-0.25, -0.2) is 8.78 Å². The van der Waals surface area contributed by atoms with Crippen LogP contribution in [0.3, 0.4) is 0 Å². The zero-order valence-corrected chi connectivity index (χ0v) is 15.7. The highest BCUT2D eigenvalue weighted by atomic mass is 19.2. The van der Waals surface area contributed by atoms with E-state index in [4.69, 9.17) is 9.47 Å². The van der Waals surface area contributed by atoms with Gasteiger partial charge in [0.15, 0.2) is 11.6 Å². The van der Waals surface area contributed by atoms with Gasteiger partial charge < -0.3 is 9.47 Å². The number of halogens is 3. The minimum atomic E-state index is -1.11. The maximum Gasteiger partial charge on any atom is 0.201 e. The van der Waals surface area contributed by atoms with Crippen molar-refractivity contribution in [2.75, 3.05) is 13.2 Å². The van der Waals surface area contributed by atoms with Crippen molar-refractivity contribution >= 4 is 0 Å². The highest BCUT2D eigenvalue weighted by molar-refractivity contribution is 5.66. The SMILES string of the molecule is CCCC1CCC(c2ccc(-c3ccc(OCC)c(F)c3F)c(F)c2)OC1. The Kier molecular flexibility index (Phi) is 6.42. The Morgan fingerprint density at radius 1 is 1.00 bits per heavy atom. The molecule has 2 unspecified atom stereocenters. The topological polar surface area (TPSA) is 18.5 Å². The van der Waals surface area contributed by atoms with Gasteiger partial charge in [0.05, 0.1) is 19.3 Å². The smallest absolute Gasteiger partial charge is 0.201 e. The summed E-state index contributed by atoms with van der Waals surface area (Å²) in [5.74, 6) is -2.40. The first kappa shape index (κ1) is 19.7. The van der Waals surface area contributed by atoms with Crippen molar-refractivity contribution in [3.8, 4) is 16.9 Å². The van der Waals surface area contributed by atoms with Gasteiger partial charge in [-0.2, -0.15) is 4.39 Å². The first-order valence-corrected chi connectivity index (χ1v) is 9.57. The molecule has 3 rings (SSSR count). The molecule has 2 nitrogen and oxygen atoms in total. The summed E-state index contributed by atoms with van der Waals surface area (Å²) in [6, 6.07) is 7.26. The van der Waals surface area contributed by atoms with Gasteiger partial charge in [0, 0.05) is 11.1 Å². The number of rotatable bonds is 6. The lowest BCUT2D eigenvalue weighted by molar-refractivity contribution is -0.0195. The normalized spacial score (nSPS) is 19.9. The Balaban J connectivity index is 1.81. The minimum Gasteiger partial charge on any atom is -0.491 e. The molecule has 1 heterocycles. The molecule has 0 N–H and O–H groups in total. The van der Waals surface area contributed by atoms with E-state index in [1.807, 2.05) is 0 Å². The summed E-state index contributed by atoms with van der Waals surface area (Å²) in [6.07, 6.45) is 4.02. The Labute approximate surface area is 158 Å². The van der Waals surface area contributed by atoms with Crippen molar-refractivity contribution in [3.05, 3.63) is 53.3 Å². The second-order valence-corrected chi connectivity index (χ2v) is 6.97. The van der Waals surface area contributed by atoms with Crippen LogP contribution in [0.5, 0.6) is 5.75 Å². The summed E-state index contributed by atoms with van der Waals surface area (Å²) < 4.78 is 54.1. The van der Waals surface area contributed by atoms with E-state index in [1.54, 1.807) is 13.0 Å². The van der Waals surface area contributed by atoms with Crippen LogP contribution in [0.1, 0.15) is 51.2 Å². The standard InChI is InChI=1S/C22H25F3O2/c1-3-5-14-6-10-19(27-13-14)15-7-8-16(18(23)12-15)17-9-11-20(26-4-2)22(25)21(17)24/h7-9,11-12,14,19H,3-6,10,13H2,1-2H3. The van der Waals surface area contributed by atoms with Gasteiger partial charge in [-0.05, 0) is 55.9 Å². The Morgan fingerprint density at radius 3 is 2.41 bits per heavy atom. The summed E-state index contributed by atoms with van der Waals surface area (Å²) in [6.45, 7) is 4.74. The highest BCUT2D eigenvalue weighted by Crippen LogP contribution is 2.36. The summed E-state index contributed by atoms with van der Waals surface area (Å²) in [5, 5.41) is 0. The van der Waals surface area contributed by atoms with E-state index in [0.29, 0.717) is 12.5 Å². The van der Waals surface area contributed by atoms with Crippen LogP contribution >= 0.6 is 0 Å². The van der Waals surface area contributed by atoms with E-state index >= 15 is 0 Å². The average molecular weight is 378 g/mol. The molecule has 5 heteroatoms. The van der Waals surface area contributed by atoms with Crippen molar-refractivity contribution in [2.45, 2.75) is 45.6 Å². The number of benzene rings is 2. The molecule has 2 aromatic rings. The van der Waals surface area contributed by atoms with Crippen LogP contribution in [0, 0.1) is 23.4 Å². The molecule has 1 fully saturated rings. The third-order valence-corrected chi connectivity index (χ3v) is 5.07. The summed E-state index contributed by atoms with van der Waals surface area (Å²) in [7, 11) is 0. The quantitative estimate of drug-likeness (QED) is 0.576. The Hall–Kier alpha value is -2.01. The van der Waals surface area contributed by atoms with Crippen molar-refractivity contribution in [3.63, 3.8) is 0 Å². The molecule has 0 aromatic heterocycles. The van der Waals surface area contributed by atoms with E-state index < -0.39 is 17.5 Å². The predicted molar refractivity (Wildman–Crippen MR) is 99.2 cm³/mol. The van der Waals surface area contributed by atoms with Crippen molar-refractivity contribution in [1.82, 2.24) is 0 Å². The lowest BCUT2D eigenvalue weighted by Gasteiger charge is -2.29. The van der Waals surface area contributed by atoms with Crippen LogP contribution in [0.15, 0.2) is 30.3 Å². The second kappa shape index (κ2) is 8.79. The molecule has 0 bridgehead atoms. The molecular formula is C22H25F3O2. The molecule has 2 atom stereocenters. The fourth-order valence-electron chi connectivity index (χ4n) is 3.66. The van der Waals surface area contributed by atoms with E-state index in [0.717, 1.165) is 31.2 Å². The van der Waals surface area contributed by atoms with Gasteiger partial charge in [0.2, 0.25) is 5.82 Å². The fourth-order valence-corrected chi connectivity index (χ4v) is 3.66. The predicted octanol–water partition coefficient (Wildman–Crippen LogP) is 6.44. The molecular weight excluding hydrogens is 353 g/mol. The maximum absolute atomic E-state index is 14.7. The van der Waals surface area contributed by atoms with E-state index in [-0.39, 0.29) is 29.6 Å². The summed E-state index contributed by atoms with van der Waals surface area (Å²) >= 11 is 0. The molecule has 0 amide bonds. The van der Waals surface area contributed by atoms with Gasteiger partial charge in [0.1, 0.15) is 5.82 Å². The third kappa shape index (κ3) is 4.29. The first-order valence-electron chi connectivity index (χ1n) is 9.57. The third-order valence-electron chi connectivity index (χ3n) is 5.07. The molecule has 2 aromatic carbocycles. The average Bonchev–Trinajstić information content (AvgIpc) is 2.67. The van der Waals surface area contributed by atoms with Crippen LogP contribution in [0.2, 0.25) is 0 Å². The zero-order chi connectivity index (χ0) is 19.4. The van der Waals surface area contributed by atoms with Gasteiger partial charge >= 0.3 is 0 Å². The van der Waals surface area contributed by atoms with Crippen molar-refractivity contribution in [1.29, 1.82) is 0 Å². The van der Waals surface area contributed by atoms with Crippen LogP contribution in [-0.4, -0.2) is 13.2 Å². The molecule has 0 spiro atoms. The molecule has 0 radical (unpaired) electrons. The van der Waals surface area contributed by atoms with Gasteiger partial charge in [-0.3, -0.25) is 0 Å².